The average molecular weight is 162 g/mol. The lowest BCUT2D eigenvalue weighted by Crippen LogP contribution is -2.26. The number of aromatic nitrogens is 1. The number of pyridine rings is 1. The van der Waals surface area contributed by atoms with Crippen LogP contribution in [0.5, 0.6) is 0 Å². The molecule has 0 bridgehead atoms. The molecule has 48 valence electrons. The Hall–Kier alpha value is -0.410. The maximum absolute atomic E-state index is 10.6. The zero-order valence-electron chi connectivity index (χ0n) is 4.41. The zero-order chi connectivity index (χ0) is 6.85. The molecule has 0 amide bonds. The van der Waals surface area contributed by atoms with Gasteiger partial charge in [-0.25, -0.2) is 0 Å². The first-order chi connectivity index (χ1) is 4.20. The predicted octanol–water partition coefficient (Wildman–Crippen LogP) is 1.26. The lowest BCUT2D eigenvalue weighted by Gasteiger charge is -1.96. The van der Waals surface area contributed by atoms with Gasteiger partial charge in [0.15, 0.2) is 6.20 Å². The lowest BCUT2D eigenvalue weighted by molar-refractivity contribution is -0.645. The molecule has 0 unspecified atom stereocenters. The smallest absolute Gasteiger partial charge is 0.248 e. The molecule has 0 atom stereocenters. The summed E-state index contributed by atoms with van der Waals surface area (Å²) in [5.41, 5.74) is 0. The van der Waals surface area contributed by atoms with Crippen LogP contribution in [0.25, 0.3) is 0 Å². The molecule has 1 aromatic heterocycles. The third kappa shape index (κ3) is 1.50. The largest absolute Gasteiger partial charge is 0.618 e. The molecule has 1 rings (SSSR count). The normalized spacial score (nSPS) is 9.56. The highest BCUT2D eigenvalue weighted by Gasteiger charge is 1.97. The van der Waals surface area contributed by atoms with Crippen molar-refractivity contribution in [3.63, 3.8) is 0 Å². The van der Waals surface area contributed by atoms with Crippen LogP contribution in [0, 0.1) is 5.21 Å². The van der Waals surface area contributed by atoms with Gasteiger partial charge in [0.1, 0.15) is 5.02 Å². The Morgan fingerprint density at radius 2 is 2.22 bits per heavy atom. The van der Waals surface area contributed by atoms with E-state index in [1.807, 2.05) is 0 Å². The van der Waals surface area contributed by atoms with E-state index in [1.54, 1.807) is 12.1 Å². The van der Waals surface area contributed by atoms with Gasteiger partial charge in [0.2, 0.25) is 5.03 Å². The van der Waals surface area contributed by atoms with Gasteiger partial charge in [-0.1, -0.05) is 24.2 Å². The topological polar surface area (TPSA) is 26.9 Å². The van der Waals surface area contributed by atoms with Crippen LogP contribution in [0.15, 0.2) is 23.4 Å². The molecule has 0 aliphatic carbocycles. The molecule has 0 spiro atoms. The quantitative estimate of drug-likeness (QED) is 0.346. The summed E-state index contributed by atoms with van der Waals surface area (Å²) in [6.45, 7) is 0. The van der Waals surface area contributed by atoms with E-state index in [-0.39, 0.29) is 0 Å². The van der Waals surface area contributed by atoms with E-state index in [0.717, 1.165) is 0 Å². The summed E-state index contributed by atoms with van der Waals surface area (Å²) in [6, 6.07) is 3.15. The van der Waals surface area contributed by atoms with Crippen molar-refractivity contribution in [2.45, 2.75) is 5.03 Å². The van der Waals surface area contributed by atoms with Crippen LogP contribution in [0.1, 0.15) is 0 Å². The molecule has 0 aromatic carbocycles. The number of hydrogen-bond donors (Lipinski definition) is 1. The van der Waals surface area contributed by atoms with E-state index in [0.29, 0.717) is 14.8 Å². The van der Waals surface area contributed by atoms with Crippen LogP contribution in [-0.4, -0.2) is 0 Å². The minimum atomic E-state index is 0.347. The summed E-state index contributed by atoms with van der Waals surface area (Å²) in [7, 11) is 0. The van der Waals surface area contributed by atoms with E-state index < -0.39 is 0 Å². The van der Waals surface area contributed by atoms with E-state index in [9.17, 15) is 5.21 Å². The SMILES string of the molecule is [O-][n+]1cc(Cl)ccc1S. The maximum Gasteiger partial charge on any atom is 0.248 e. The Kier molecular flexibility index (Phi) is 1.83. The summed E-state index contributed by atoms with van der Waals surface area (Å²) in [5, 5.41) is 11.4. The van der Waals surface area contributed by atoms with Gasteiger partial charge in [-0.05, 0) is 6.07 Å². The summed E-state index contributed by atoms with van der Waals surface area (Å²) >= 11 is 9.30. The molecule has 0 radical (unpaired) electrons. The molecule has 0 saturated heterocycles. The van der Waals surface area contributed by atoms with Gasteiger partial charge in [0, 0.05) is 6.07 Å². The van der Waals surface area contributed by atoms with E-state index in [2.05, 4.69) is 12.6 Å². The molecule has 1 heterocycles. The number of rotatable bonds is 0. The number of hydrogen-bond acceptors (Lipinski definition) is 2. The zero-order valence-corrected chi connectivity index (χ0v) is 6.06. The molecular formula is C5H4ClNOS. The van der Waals surface area contributed by atoms with E-state index in [1.165, 1.54) is 6.20 Å². The van der Waals surface area contributed by atoms with E-state index >= 15 is 0 Å². The predicted molar refractivity (Wildman–Crippen MR) is 37.7 cm³/mol. The Labute approximate surface area is 63.1 Å². The fourth-order valence-electron chi connectivity index (χ4n) is 0.449. The van der Waals surface area contributed by atoms with Gasteiger partial charge in [-0.3, -0.25) is 0 Å². The standard InChI is InChI=1S/C5H4ClNOS/c6-4-1-2-5(9)7(8)3-4/h1-3,9H. The maximum atomic E-state index is 10.6. The van der Waals surface area contributed by atoms with E-state index in [4.69, 9.17) is 11.6 Å². The van der Waals surface area contributed by atoms with Crippen molar-refractivity contribution in [2.24, 2.45) is 0 Å². The number of thiol groups is 1. The van der Waals surface area contributed by atoms with Crippen LogP contribution in [0.3, 0.4) is 0 Å². The van der Waals surface area contributed by atoms with Gasteiger partial charge in [0.25, 0.3) is 0 Å². The molecule has 0 aliphatic heterocycles. The van der Waals surface area contributed by atoms with Gasteiger partial charge >= 0.3 is 0 Å². The summed E-state index contributed by atoms with van der Waals surface area (Å²) < 4.78 is 0.603. The Morgan fingerprint density at radius 1 is 1.56 bits per heavy atom. The van der Waals surface area contributed by atoms with Crippen molar-refractivity contribution >= 4 is 24.2 Å². The molecule has 0 N–H and O–H groups in total. The van der Waals surface area contributed by atoms with Crippen molar-refractivity contribution < 1.29 is 4.73 Å². The fourth-order valence-corrected chi connectivity index (χ4v) is 0.733. The van der Waals surface area contributed by atoms with Gasteiger partial charge in [-0.15, -0.1) is 0 Å². The molecular weight excluding hydrogens is 158 g/mol. The third-order valence-electron chi connectivity index (χ3n) is 0.858. The van der Waals surface area contributed by atoms with Gasteiger partial charge in [0.05, 0.1) is 0 Å². The van der Waals surface area contributed by atoms with Crippen molar-refractivity contribution in [3.8, 4) is 0 Å². The Morgan fingerprint density at radius 3 is 2.67 bits per heavy atom. The van der Waals surface area contributed by atoms with Gasteiger partial charge < -0.3 is 5.21 Å². The summed E-state index contributed by atoms with van der Waals surface area (Å²) in [6.07, 6.45) is 1.25. The van der Waals surface area contributed by atoms with Crippen LogP contribution in [0.4, 0.5) is 0 Å². The van der Waals surface area contributed by atoms with Crippen molar-refractivity contribution in [2.75, 3.05) is 0 Å². The first kappa shape index (κ1) is 6.71. The molecule has 0 aliphatic rings. The highest BCUT2D eigenvalue weighted by Crippen LogP contribution is 2.05. The molecule has 1 aromatic rings. The van der Waals surface area contributed by atoms with Crippen LogP contribution in [0.2, 0.25) is 5.02 Å². The molecule has 0 fully saturated rings. The second-order valence-electron chi connectivity index (χ2n) is 1.53. The minimum Gasteiger partial charge on any atom is -0.618 e. The highest BCUT2D eigenvalue weighted by atomic mass is 35.5. The van der Waals surface area contributed by atoms with Crippen LogP contribution < -0.4 is 4.73 Å². The van der Waals surface area contributed by atoms with Crippen LogP contribution >= 0.6 is 24.2 Å². The molecule has 9 heavy (non-hydrogen) atoms. The Balaban J connectivity index is 3.17. The molecule has 2 nitrogen and oxygen atoms in total. The van der Waals surface area contributed by atoms with Crippen molar-refractivity contribution in [3.05, 3.63) is 28.6 Å². The molecule has 0 saturated carbocycles. The highest BCUT2D eigenvalue weighted by molar-refractivity contribution is 7.80. The van der Waals surface area contributed by atoms with Crippen molar-refractivity contribution in [1.29, 1.82) is 0 Å². The van der Waals surface area contributed by atoms with Crippen LogP contribution in [-0.2, 0) is 0 Å². The lowest BCUT2D eigenvalue weighted by atomic mass is 10.5. The summed E-state index contributed by atoms with van der Waals surface area (Å²) in [4.78, 5) is 0. The average Bonchev–Trinajstić information content (AvgIpc) is 1.80. The van der Waals surface area contributed by atoms with Gasteiger partial charge in [-0.2, -0.15) is 4.73 Å². The Bertz CT molecular complexity index is 228. The second kappa shape index (κ2) is 2.45. The first-order valence-electron chi connectivity index (χ1n) is 2.28. The minimum absolute atomic E-state index is 0.347. The number of halogens is 1. The third-order valence-corrected chi connectivity index (χ3v) is 1.43. The summed E-state index contributed by atoms with van der Waals surface area (Å²) in [5.74, 6) is 0. The van der Waals surface area contributed by atoms with Crippen molar-refractivity contribution in [1.82, 2.24) is 0 Å². The fraction of sp³-hybridized carbons (Fsp3) is 0. The second-order valence-corrected chi connectivity index (χ2v) is 2.43. The first-order valence-corrected chi connectivity index (χ1v) is 3.10. The monoisotopic (exact) mass is 161 g/mol. The number of nitrogens with zero attached hydrogens (tertiary/aromatic N) is 1. The molecule has 4 heteroatoms.